The zero-order valence-corrected chi connectivity index (χ0v) is 13.6. The van der Waals surface area contributed by atoms with E-state index in [1.165, 1.54) is 6.33 Å². The van der Waals surface area contributed by atoms with Crippen molar-refractivity contribution in [2.45, 2.75) is 20.4 Å². The van der Waals surface area contributed by atoms with Gasteiger partial charge in [-0.2, -0.15) is 0 Å². The number of nitrogens with one attached hydrogen (secondary N) is 3. The van der Waals surface area contributed by atoms with Crippen molar-refractivity contribution in [3.8, 4) is 0 Å². The molecule has 2 heterocycles. The lowest BCUT2D eigenvalue weighted by Gasteiger charge is -2.16. The predicted molar refractivity (Wildman–Crippen MR) is 84.1 cm³/mol. The number of aromatic nitrogens is 3. The molecule has 122 valence electrons. The topological polar surface area (TPSA) is 109 Å². The van der Waals surface area contributed by atoms with Crippen molar-refractivity contribution < 1.29 is 13.6 Å². The van der Waals surface area contributed by atoms with Crippen LogP contribution in [0.5, 0.6) is 0 Å². The molecule has 0 aliphatic carbocycles. The van der Waals surface area contributed by atoms with Crippen LogP contribution in [0.3, 0.4) is 0 Å². The number of aromatic amines is 2. The molecule has 0 radical (unpaired) electrons. The fourth-order valence-corrected chi connectivity index (χ4v) is 3.69. The Hall–Kier alpha value is -1.47. The molecule has 3 N–H and O–H groups in total. The van der Waals surface area contributed by atoms with E-state index in [9.17, 15) is 9.36 Å². The van der Waals surface area contributed by atoms with Gasteiger partial charge < -0.3 is 24.3 Å². The first-order chi connectivity index (χ1) is 10.6. The van der Waals surface area contributed by atoms with Crippen LogP contribution < -0.4 is 10.9 Å². The van der Waals surface area contributed by atoms with Crippen molar-refractivity contribution in [1.29, 1.82) is 0 Å². The molecule has 0 aromatic carbocycles. The van der Waals surface area contributed by atoms with Crippen LogP contribution in [-0.4, -0.2) is 40.9 Å². The summed E-state index contributed by atoms with van der Waals surface area (Å²) in [6, 6.07) is 0. The molecule has 9 heteroatoms. The molecule has 0 spiro atoms. The third-order valence-electron chi connectivity index (χ3n) is 3.08. The number of fused-ring (bicyclic) bond motifs is 1. The molecule has 0 unspecified atom stereocenters. The molecule has 2 aromatic heterocycles. The third-order valence-corrected chi connectivity index (χ3v) is 5.15. The zero-order chi connectivity index (χ0) is 16.0. The summed E-state index contributed by atoms with van der Waals surface area (Å²) >= 11 is 0. The third kappa shape index (κ3) is 4.04. The molecule has 8 nitrogen and oxygen atoms in total. The Kier molecular flexibility index (Phi) is 5.90. The average Bonchev–Trinajstić information content (AvgIpc) is 2.89. The Morgan fingerprint density at radius 1 is 1.27 bits per heavy atom. The SMILES string of the molecule is CCOP(=O)(CCNCc1c[nH]c2c(=O)[nH]cnc12)OCC. The monoisotopic (exact) mass is 328 g/mol. The summed E-state index contributed by atoms with van der Waals surface area (Å²) in [6.45, 7) is 5.27. The average molecular weight is 328 g/mol. The van der Waals surface area contributed by atoms with Gasteiger partial charge >= 0.3 is 7.60 Å². The summed E-state index contributed by atoms with van der Waals surface area (Å²) in [6.07, 6.45) is 3.41. The molecule has 0 aliphatic heterocycles. The van der Waals surface area contributed by atoms with Crippen molar-refractivity contribution in [1.82, 2.24) is 20.3 Å². The van der Waals surface area contributed by atoms with E-state index in [-0.39, 0.29) is 5.56 Å². The molecule has 0 saturated heterocycles. The van der Waals surface area contributed by atoms with Gasteiger partial charge in [0.2, 0.25) is 0 Å². The molecule has 0 saturated carbocycles. The quantitative estimate of drug-likeness (QED) is 0.476. The number of rotatable bonds is 9. The molecular weight excluding hydrogens is 307 g/mol. The first kappa shape index (κ1) is 16.9. The highest BCUT2D eigenvalue weighted by Gasteiger charge is 2.22. The van der Waals surface area contributed by atoms with E-state index >= 15 is 0 Å². The number of hydrogen-bond acceptors (Lipinski definition) is 6. The summed E-state index contributed by atoms with van der Waals surface area (Å²) in [5, 5.41) is 3.17. The summed E-state index contributed by atoms with van der Waals surface area (Å²) < 4.78 is 22.7. The van der Waals surface area contributed by atoms with Crippen LogP contribution in [-0.2, 0) is 20.2 Å². The van der Waals surface area contributed by atoms with Gasteiger partial charge in [-0.3, -0.25) is 9.36 Å². The van der Waals surface area contributed by atoms with Gasteiger partial charge in [0.1, 0.15) is 5.52 Å². The van der Waals surface area contributed by atoms with E-state index in [0.717, 1.165) is 5.56 Å². The largest absolute Gasteiger partial charge is 0.355 e. The van der Waals surface area contributed by atoms with Crippen molar-refractivity contribution in [3.63, 3.8) is 0 Å². The van der Waals surface area contributed by atoms with Crippen LogP contribution in [0.4, 0.5) is 0 Å². The summed E-state index contributed by atoms with van der Waals surface area (Å²) in [5.74, 6) is 0. The van der Waals surface area contributed by atoms with E-state index in [1.807, 2.05) is 0 Å². The van der Waals surface area contributed by atoms with E-state index in [2.05, 4.69) is 20.3 Å². The first-order valence-corrected chi connectivity index (χ1v) is 8.95. The maximum atomic E-state index is 12.3. The van der Waals surface area contributed by atoms with E-state index in [0.29, 0.717) is 43.5 Å². The standard InChI is InChI=1S/C13H21N4O4P/c1-3-20-22(19,21-4-2)6-5-14-7-10-8-15-12-11(10)16-9-17-13(12)18/h8-9,14-15H,3-7H2,1-2H3,(H,16,17,18). The number of nitrogens with zero attached hydrogens (tertiary/aromatic N) is 1. The summed E-state index contributed by atoms with van der Waals surface area (Å²) in [4.78, 5) is 21.2. The first-order valence-electron chi connectivity index (χ1n) is 7.22. The molecule has 0 atom stereocenters. The lowest BCUT2D eigenvalue weighted by molar-refractivity contribution is 0.220. The van der Waals surface area contributed by atoms with Gasteiger partial charge in [0.15, 0.2) is 0 Å². The molecular formula is C13H21N4O4P. The minimum Gasteiger partial charge on any atom is -0.355 e. The van der Waals surface area contributed by atoms with Gasteiger partial charge in [-0.05, 0) is 13.8 Å². The van der Waals surface area contributed by atoms with Gasteiger partial charge in [-0.1, -0.05) is 0 Å². The van der Waals surface area contributed by atoms with Crippen LogP contribution in [0.25, 0.3) is 11.0 Å². The minimum absolute atomic E-state index is 0.201. The van der Waals surface area contributed by atoms with Crippen LogP contribution in [0, 0.1) is 0 Å². The number of hydrogen-bond donors (Lipinski definition) is 3. The molecule has 0 bridgehead atoms. The minimum atomic E-state index is -3.02. The Bertz CT molecular complexity index is 701. The van der Waals surface area contributed by atoms with Gasteiger partial charge in [-0.25, -0.2) is 4.98 Å². The maximum absolute atomic E-state index is 12.3. The van der Waals surface area contributed by atoms with Crippen LogP contribution in [0.15, 0.2) is 17.3 Å². The summed E-state index contributed by atoms with van der Waals surface area (Å²) in [5.41, 5.74) is 1.76. The Labute approximate surface area is 128 Å². The molecule has 0 amide bonds. The number of H-pyrrole nitrogens is 2. The van der Waals surface area contributed by atoms with E-state index in [1.54, 1.807) is 20.0 Å². The van der Waals surface area contributed by atoms with Crippen molar-refractivity contribution >= 4 is 18.6 Å². The highest BCUT2D eigenvalue weighted by Crippen LogP contribution is 2.47. The zero-order valence-electron chi connectivity index (χ0n) is 12.7. The molecule has 0 fully saturated rings. The van der Waals surface area contributed by atoms with Crippen molar-refractivity contribution in [2.24, 2.45) is 0 Å². The normalized spacial score (nSPS) is 12.1. The van der Waals surface area contributed by atoms with Crippen molar-refractivity contribution in [3.05, 3.63) is 28.4 Å². The highest BCUT2D eigenvalue weighted by atomic mass is 31.2. The Morgan fingerprint density at radius 2 is 2.00 bits per heavy atom. The molecule has 0 aliphatic rings. The van der Waals surface area contributed by atoms with Crippen molar-refractivity contribution in [2.75, 3.05) is 25.9 Å². The maximum Gasteiger partial charge on any atom is 0.331 e. The van der Waals surface area contributed by atoms with Crippen LogP contribution >= 0.6 is 7.60 Å². The lowest BCUT2D eigenvalue weighted by Crippen LogP contribution is -2.19. The lowest BCUT2D eigenvalue weighted by atomic mass is 10.3. The summed E-state index contributed by atoms with van der Waals surface area (Å²) in [7, 11) is -3.02. The molecule has 22 heavy (non-hydrogen) atoms. The van der Waals surface area contributed by atoms with Gasteiger partial charge in [-0.15, -0.1) is 0 Å². The van der Waals surface area contributed by atoms with Gasteiger partial charge in [0.25, 0.3) is 5.56 Å². The van der Waals surface area contributed by atoms with E-state index < -0.39 is 7.60 Å². The highest BCUT2D eigenvalue weighted by molar-refractivity contribution is 7.53. The van der Waals surface area contributed by atoms with Crippen LogP contribution in [0.1, 0.15) is 19.4 Å². The van der Waals surface area contributed by atoms with Gasteiger partial charge in [0, 0.05) is 24.8 Å². The Morgan fingerprint density at radius 3 is 2.68 bits per heavy atom. The van der Waals surface area contributed by atoms with Gasteiger partial charge in [0.05, 0.1) is 31.2 Å². The fraction of sp³-hybridized carbons (Fsp3) is 0.538. The van der Waals surface area contributed by atoms with Crippen LogP contribution in [0.2, 0.25) is 0 Å². The Balaban J connectivity index is 1.91. The smallest absolute Gasteiger partial charge is 0.331 e. The molecule has 2 rings (SSSR count). The predicted octanol–water partition coefficient (Wildman–Crippen LogP) is 1.61. The second-order valence-electron chi connectivity index (χ2n) is 4.62. The molecule has 2 aromatic rings. The second kappa shape index (κ2) is 7.69. The fourth-order valence-electron chi connectivity index (χ4n) is 2.14. The van der Waals surface area contributed by atoms with E-state index in [4.69, 9.17) is 9.05 Å². The second-order valence-corrected chi connectivity index (χ2v) is 6.80.